The van der Waals surface area contributed by atoms with Gasteiger partial charge in [-0.2, -0.15) is 10.2 Å². The molecule has 0 unspecified atom stereocenters. The van der Waals surface area contributed by atoms with E-state index in [1.54, 1.807) is 0 Å². The Kier molecular flexibility index (Phi) is 3.45. The van der Waals surface area contributed by atoms with Crippen LogP contribution in [0.15, 0.2) is 42.7 Å². The highest BCUT2D eigenvalue weighted by Gasteiger charge is 2.17. The minimum atomic E-state index is 0.520. The predicted octanol–water partition coefficient (Wildman–Crippen LogP) is 3.48. The van der Waals surface area contributed by atoms with E-state index >= 15 is 0 Å². The van der Waals surface area contributed by atoms with Gasteiger partial charge in [-0.1, -0.05) is 44.2 Å². The van der Waals surface area contributed by atoms with Crippen molar-refractivity contribution in [3.05, 3.63) is 42.7 Å². The van der Waals surface area contributed by atoms with Crippen molar-refractivity contribution in [3.63, 3.8) is 0 Å². The van der Waals surface area contributed by atoms with E-state index in [0.29, 0.717) is 5.92 Å². The first kappa shape index (κ1) is 14.7. The van der Waals surface area contributed by atoms with Gasteiger partial charge in [-0.3, -0.25) is 4.68 Å². The average Bonchev–Trinajstić information content (AvgIpc) is 3.23. The number of aromatic nitrogens is 6. The summed E-state index contributed by atoms with van der Waals surface area (Å²) < 4.78 is 3.78. The summed E-state index contributed by atoms with van der Waals surface area (Å²) in [4.78, 5) is 8.17. The van der Waals surface area contributed by atoms with Gasteiger partial charge in [0.15, 0.2) is 5.65 Å². The van der Waals surface area contributed by atoms with Gasteiger partial charge in [0.05, 0.1) is 11.8 Å². The summed E-state index contributed by atoms with van der Waals surface area (Å²) in [5.74, 6) is 1.35. The van der Waals surface area contributed by atoms with Crippen molar-refractivity contribution in [2.45, 2.75) is 20.4 Å². The van der Waals surface area contributed by atoms with Gasteiger partial charge in [0.2, 0.25) is 0 Å². The molecule has 6 nitrogen and oxygen atoms in total. The molecular formula is C18H20N6. The largest absolute Gasteiger partial charge is 0.335 e. The molecule has 0 aliphatic carbocycles. The van der Waals surface area contributed by atoms with Crippen molar-refractivity contribution in [1.29, 1.82) is 0 Å². The van der Waals surface area contributed by atoms with Gasteiger partial charge in [-0.15, -0.1) is 0 Å². The van der Waals surface area contributed by atoms with E-state index in [9.17, 15) is 0 Å². The van der Waals surface area contributed by atoms with Crippen LogP contribution in [0.25, 0.3) is 33.8 Å². The fourth-order valence-electron chi connectivity index (χ4n) is 2.92. The van der Waals surface area contributed by atoms with Crippen LogP contribution in [0.4, 0.5) is 0 Å². The zero-order valence-corrected chi connectivity index (χ0v) is 14.1. The third-order valence-electron chi connectivity index (χ3n) is 3.95. The molecule has 0 aliphatic rings. The first-order chi connectivity index (χ1) is 11.6. The Labute approximate surface area is 140 Å². The maximum Gasteiger partial charge on any atom is 0.176 e. The summed E-state index contributed by atoms with van der Waals surface area (Å²) in [5.41, 5.74) is 4.85. The standard InChI is InChI=1S/C18H20N6/c1-12(2)10-24-18-15(9-19-24)20-17(21-18)14-11-23(3)22-16(14)13-7-5-4-6-8-13/h4-9,11-12H,10H2,1-3H3,(H,20,21). The fourth-order valence-corrected chi connectivity index (χ4v) is 2.92. The molecule has 0 aliphatic heterocycles. The predicted molar refractivity (Wildman–Crippen MR) is 94.4 cm³/mol. The molecule has 4 rings (SSSR count). The highest BCUT2D eigenvalue weighted by molar-refractivity contribution is 5.82. The van der Waals surface area contributed by atoms with E-state index in [-0.39, 0.29) is 0 Å². The minimum absolute atomic E-state index is 0.520. The van der Waals surface area contributed by atoms with Crippen LogP contribution in [-0.2, 0) is 13.6 Å². The lowest BCUT2D eigenvalue weighted by Gasteiger charge is -2.04. The van der Waals surface area contributed by atoms with E-state index in [4.69, 9.17) is 4.98 Å². The van der Waals surface area contributed by atoms with Gasteiger partial charge in [0.25, 0.3) is 0 Å². The molecule has 6 heteroatoms. The van der Waals surface area contributed by atoms with Gasteiger partial charge in [-0.05, 0) is 5.92 Å². The maximum atomic E-state index is 4.79. The van der Waals surface area contributed by atoms with Crippen LogP contribution in [0, 0.1) is 5.92 Å². The van der Waals surface area contributed by atoms with Gasteiger partial charge >= 0.3 is 0 Å². The van der Waals surface area contributed by atoms with Crippen molar-refractivity contribution in [1.82, 2.24) is 29.5 Å². The molecule has 122 valence electrons. The monoisotopic (exact) mass is 320 g/mol. The highest BCUT2D eigenvalue weighted by Crippen LogP contribution is 2.30. The molecule has 0 bridgehead atoms. The number of rotatable bonds is 4. The van der Waals surface area contributed by atoms with Gasteiger partial charge in [-0.25, -0.2) is 9.67 Å². The Hall–Kier alpha value is -2.89. The molecule has 3 aromatic heterocycles. The lowest BCUT2D eigenvalue weighted by Crippen LogP contribution is -2.05. The Morgan fingerprint density at radius 1 is 1.17 bits per heavy atom. The molecule has 0 atom stereocenters. The smallest absolute Gasteiger partial charge is 0.176 e. The lowest BCUT2D eigenvalue weighted by atomic mass is 10.1. The number of aryl methyl sites for hydroxylation is 1. The second kappa shape index (κ2) is 5.63. The highest BCUT2D eigenvalue weighted by atomic mass is 15.3. The summed E-state index contributed by atoms with van der Waals surface area (Å²) >= 11 is 0. The third kappa shape index (κ3) is 2.50. The molecule has 24 heavy (non-hydrogen) atoms. The van der Waals surface area contributed by atoms with E-state index in [2.05, 4.69) is 41.2 Å². The van der Waals surface area contributed by atoms with Crippen LogP contribution in [0.1, 0.15) is 13.8 Å². The normalized spacial score (nSPS) is 11.7. The molecular weight excluding hydrogens is 300 g/mol. The van der Waals surface area contributed by atoms with Crippen molar-refractivity contribution in [2.75, 3.05) is 0 Å². The van der Waals surface area contributed by atoms with Crippen LogP contribution in [0.2, 0.25) is 0 Å². The fraction of sp³-hybridized carbons (Fsp3) is 0.278. The number of nitrogens with zero attached hydrogens (tertiary/aromatic N) is 5. The Morgan fingerprint density at radius 3 is 2.71 bits per heavy atom. The minimum Gasteiger partial charge on any atom is -0.335 e. The number of hydrogen-bond acceptors (Lipinski definition) is 3. The Balaban J connectivity index is 1.82. The summed E-state index contributed by atoms with van der Waals surface area (Å²) in [6.07, 6.45) is 3.84. The SMILES string of the molecule is CC(C)Cn1ncc2[nH]c(-c3cn(C)nc3-c3ccccc3)nc21. The van der Waals surface area contributed by atoms with Crippen LogP contribution in [0.3, 0.4) is 0 Å². The molecule has 4 aromatic rings. The van der Waals surface area contributed by atoms with Gasteiger partial charge in [0, 0.05) is 25.4 Å². The first-order valence-electron chi connectivity index (χ1n) is 8.13. The molecule has 0 amide bonds. The molecule has 0 spiro atoms. The Morgan fingerprint density at radius 2 is 1.96 bits per heavy atom. The van der Waals surface area contributed by atoms with Crippen LogP contribution < -0.4 is 0 Å². The molecule has 0 fully saturated rings. The molecule has 1 N–H and O–H groups in total. The second-order valence-electron chi connectivity index (χ2n) is 6.47. The maximum absolute atomic E-state index is 4.79. The topological polar surface area (TPSA) is 64.3 Å². The first-order valence-corrected chi connectivity index (χ1v) is 8.13. The molecule has 0 radical (unpaired) electrons. The van der Waals surface area contributed by atoms with E-state index in [1.165, 1.54) is 0 Å². The van der Waals surface area contributed by atoms with Crippen molar-refractivity contribution in [2.24, 2.45) is 13.0 Å². The number of imidazole rings is 1. The van der Waals surface area contributed by atoms with Gasteiger partial charge in [0.1, 0.15) is 17.0 Å². The van der Waals surface area contributed by atoms with Gasteiger partial charge < -0.3 is 4.98 Å². The van der Waals surface area contributed by atoms with Crippen molar-refractivity contribution >= 4 is 11.2 Å². The summed E-state index contributed by atoms with van der Waals surface area (Å²) in [6, 6.07) is 10.2. The molecule has 0 saturated heterocycles. The zero-order chi connectivity index (χ0) is 16.7. The van der Waals surface area contributed by atoms with E-state index < -0.39 is 0 Å². The third-order valence-corrected chi connectivity index (χ3v) is 3.95. The number of aromatic amines is 1. The number of H-pyrrole nitrogens is 1. The average molecular weight is 320 g/mol. The molecule has 3 heterocycles. The quantitative estimate of drug-likeness (QED) is 0.626. The Bertz CT molecular complexity index is 974. The molecule has 1 aromatic carbocycles. The number of fused-ring (bicyclic) bond motifs is 1. The molecule has 0 saturated carbocycles. The van der Waals surface area contributed by atoms with E-state index in [1.807, 2.05) is 47.0 Å². The number of hydrogen-bond donors (Lipinski definition) is 1. The van der Waals surface area contributed by atoms with Crippen molar-refractivity contribution < 1.29 is 0 Å². The lowest BCUT2D eigenvalue weighted by molar-refractivity contribution is 0.492. The second-order valence-corrected chi connectivity index (χ2v) is 6.47. The van der Waals surface area contributed by atoms with Crippen LogP contribution >= 0.6 is 0 Å². The summed E-state index contributed by atoms with van der Waals surface area (Å²) in [7, 11) is 1.93. The van der Waals surface area contributed by atoms with E-state index in [0.717, 1.165) is 40.4 Å². The number of nitrogens with one attached hydrogen (secondary N) is 1. The number of benzene rings is 1. The zero-order valence-electron chi connectivity index (χ0n) is 14.1. The van der Waals surface area contributed by atoms with Crippen molar-refractivity contribution in [3.8, 4) is 22.6 Å². The van der Waals surface area contributed by atoms with Crippen LogP contribution in [0.5, 0.6) is 0 Å². The summed E-state index contributed by atoms with van der Waals surface area (Å²) in [6.45, 7) is 5.21. The van der Waals surface area contributed by atoms with Crippen LogP contribution in [-0.4, -0.2) is 29.5 Å². The summed E-state index contributed by atoms with van der Waals surface area (Å²) in [5, 5.41) is 9.03.